The fourth-order valence-electron chi connectivity index (χ4n) is 2.95. The first-order chi connectivity index (χ1) is 10.6. The van der Waals surface area contributed by atoms with Gasteiger partial charge in [0, 0.05) is 24.0 Å². The Hall–Kier alpha value is -0.960. The van der Waals surface area contributed by atoms with Crippen molar-refractivity contribution in [1.29, 1.82) is 0 Å². The maximum Gasteiger partial charge on any atom is 0.220 e. The molecule has 0 aromatic heterocycles. The Labute approximate surface area is 139 Å². The van der Waals surface area contributed by atoms with Crippen LogP contribution in [0.1, 0.15) is 55.2 Å². The molecule has 0 saturated heterocycles. The van der Waals surface area contributed by atoms with Gasteiger partial charge in [-0.25, -0.2) is 0 Å². The molecule has 0 bridgehead atoms. The van der Waals surface area contributed by atoms with Gasteiger partial charge in [0.2, 0.25) is 5.91 Å². The van der Waals surface area contributed by atoms with Gasteiger partial charge in [-0.15, -0.1) is 0 Å². The Morgan fingerprint density at radius 3 is 2.68 bits per heavy atom. The molecular formula is C19H29NOS. The number of aryl methyl sites for hydroxylation is 3. The highest BCUT2D eigenvalue weighted by atomic mass is 32.2. The molecule has 1 aliphatic rings. The Morgan fingerprint density at radius 1 is 1.18 bits per heavy atom. The van der Waals surface area contributed by atoms with E-state index in [0.29, 0.717) is 6.42 Å². The Morgan fingerprint density at radius 2 is 1.95 bits per heavy atom. The van der Waals surface area contributed by atoms with Crippen molar-refractivity contribution in [2.24, 2.45) is 0 Å². The molecule has 22 heavy (non-hydrogen) atoms. The van der Waals surface area contributed by atoms with E-state index in [4.69, 9.17) is 0 Å². The lowest BCUT2D eigenvalue weighted by Gasteiger charge is -2.20. The zero-order valence-corrected chi connectivity index (χ0v) is 14.8. The van der Waals surface area contributed by atoms with E-state index in [0.717, 1.165) is 24.0 Å². The van der Waals surface area contributed by atoms with Gasteiger partial charge in [0.15, 0.2) is 0 Å². The SMILES string of the molecule is Cc1ccc(CCC(=O)NCCSC2CCCCC2)cc1C. The minimum atomic E-state index is 0.183. The van der Waals surface area contributed by atoms with Crippen LogP contribution >= 0.6 is 11.8 Å². The van der Waals surface area contributed by atoms with Gasteiger partial charge in [0.1, 0.15) is 0 Å². The Bertz CT molecular complexity index is 480. The molecule has 2 nitrogen and oxygen atoms in total. The van der Waals surface area contributed by atoms with Crippen LogP contribution in [0.15, 0.2) is 18.2 Å². The minimum absolute atomic E-state index is 0.183. The van der Waals surface area contributed by atoms with E-state index in [1.165, 1.54) is 48.8 Å². The molecule has 1 aliphatic carbocycles. The average Bonchev–Trinajstić information content (AvgIpc) is 2.54. The summed E-state index contributed by atoms with van der Waals surface area (Å²) in [6.45, 7) is 5.06. The summed E-state index contributed by atoms with van der Waals surface area (Å²) >= 11 is 2.04. The molecule has 3 heteroatoms. The summed E-state index contributed by atoms with van der Waals surface area (Å²) in [6, 6.07) is 6.47. The molecule has 0 radical (unpaired) electrons. The zero-order valence-electron chi connectivity index (χ0n) is 14.0. The van der Waals surface area contributed by atoms with Gasteiger partial charge in [-0.1, -0.05) is 37.5 Å². The Kier molecular flexibility index (Phi) is 7.31. The van der Waals surface area contributed by atoms with Gasteiger partial charge >= 0.3 is 0 Å². The van der Waals surface area contributed by atoms with E-state index in [-0.39, 0.29) is 5.91 Å². The van der Waals surface area contributed by atoms with E-state index in [2.05, 4.69) is 37.4 Å². The highest BCUT2D eigenvalue weighted by Crippen LogP contribution is 2.27. The quantitative estimate of drug-likeness (QED) is 0.754. The van der Waals surface area contributed by atoms with Gasteiger partial charge in [-0.2, -0.15) is 11.8 Å². The second kappa shape index (κ2) is 9.24. The molecule has 1 fully saturated rings. The maximum atomic E-state index is 11.9. The number of nitrogens with one attached hydrogen (secondary N) is 1. The lowest BCUT2D eigenvalue weighted by Crippen LogP contribution is -2.26. The summed E-state index contributed by atoms with van der Waals surface area (Å²) < 4.78 is 0. The normalized spacial score (nSPS) is 15.7. The van der Waals surface area contributed by atoms with Crippen LogP contribution in [-0.2, 0) is 11.2 Å². The first-order valence-corrected chi connectivity index (χ1v) is 9.64. The molecule has 0 atom stereocenters. The van der Waals surface area contributed by atoms with E-state index < -0.39 is 0 Å². The van der Waals surface area contributed by atoms with E-state index >= 15 is 0 Å². The summed E-state index contributed by atoms with van der Waals surface area (Å²) in [5, 5.41) is 3.89. The highest BCUT2D eigenvalue weighted by Gasteiger charge is 2.13. The summed E-state index contributed by atoms with van der Waals surface area (Å²) in [5.41, 5.74) is 3.88. The molecule has 122 valence electrons. The lowest BCUT2D eigenvalue weighted by atomic mass is 10.0. The van der Waals surface area contributed by atoms with Crippen LogP contribution in [0.25, 0.3) is 0 Å². The first-order valence-electron chi connectivity index (χ1n) is 8.59. The number of rotatable bonds is 7. The molecule has 0 heterocycles. The molecule has 1 aromatic carbocycles. The third-order valence-corrected chi connectivity index (χ3v) is 5.92. The van der Waals surface area contributed by atoms with Crippen molar-refractivity contribution in [3.05, 3.63) is 34.9 Å². The van der Waals surface area contributed by atoms with E-state index in [1.807, 2.05) is 11.8 Å². The van der Waals surface area contributed by atoms with Crippen molar-refractivity contribution in [1.82, 2.24) is 5.32 Å². The number of carbonyl (C=O) groups excluding carboxylic acids is 1. The maximum absolute atomic E-state index is 11.9. The molecule has 0 spiro atoms. The fraction of sp³-hybridized carbons (Fsp3) is 0.632. The van der Waals surface area contributed by atoms with Crippen LogP contribution in [-0.4, -0.2) is 23.5 Å². The lowest BCUT2D eigenvalue weighted by molar-refractivity contribution is -0.120. The fourth-order valence-corrected chi connectivity index (χ4v) is 4.17. The van der Waals surface area contributed by atoms with Gasteiger partial charge in [0.25, 0.3) is 0 Å². The third kappa shape index (κ3) is 6.04. The number of thioether (sulfide) groups is 1. The summed E-state index contributed by atoms with van der Waals surface area (Å²) in [4.78, 5) is 11.9. The van der Waals surface area contributed by atoms with Gasteiger partial charge in [-0.05, 0) is 49.8 Å². The molecule has 2 rings (SSSR count). The molecule has 0 unspecified atom stereocenters. The monoisotopic (exact) mass is 319 g/mol. The molecule has 1 amide bonds. The number of hydrogen-bond donors (Lipinski definition) is 1. The van der Waals surface area contributed by atoms with Crippen LogP contribution in [0.5, 0.6) is 0 Å². The van der Waals surface area contributed by atoms with Crippen molar-refractivity contribution in [2.75, 3.05) is 12.3 Å². The second-order valence-electron chi connectivity index (χ2n) is 6.40. The summed E-state index contributed by atoms with van der Waals surface area (Å²) in [5.74, 6) is 1.24. The van der Waals surface area contributed by atoms with Crippen LogP contribution in [0.4, 0.5) is 0 Å². The van der Waals surface area contributed by atoms with E-state index in [9.17, 15) is 4.79 Å². The summed E-state index contributed by atoms with van der Waals surface area (Å²) in [6.07, 6.45) is 8.35. The minimum Gasteiger partial charge on any atom is -0.355 e. The van der Waals surface area contributed by atoms with Crippen molar-refractivity contribution in [3.8, 4) is 0 Å². The summed E-state index contributed by atoms with van der Waals surface area (Å²) in [7, 11) is 0. The van der Waals surface area contributed by atoms with Crippen molar-refractivity contribution >= 4 is 17.7 Å². The van der Waals surface area contributed by atoms with Gasteiger partial charge in [-0.3, -0.25) is 4.79 Å². The van der Waals surface area contributed by atoms with Crippen molar-refractivity contribution < 1.29 is 4.79 Å². The number of carbonyl (C=O) groups is 1. The highest BCUT2D eigenvalue weighted by molar-refractivity contribution is 7.99. The number of benzene rings is 1. The van der Waals surface area contributed by atoms with Crippen molar-refractivity contribution in [3.63, 3.8) is 0 Å². The largest absolute Gasteiger partial charge is 0.355 e. The van der Waals surface area contributed by atoms with Crippen LogP contribution < -0.4 is 5.32 Å². The van der Waals surface area contributed by atoms with Crippen LogP contribution in [0, 0.1) is 13.8 Å². The van der Waals surface area contributed by atoms with Crippen LogP contribution in [0.2, 0.25) is 0 Å². The molecule has 0 aliphatic heterocycles. The second-order valence-corrected chi connectivity index (χ2v) is 7.81. The third-order valence-electron chi connectivity index (χ3n) is 4.54. The van der Waals surface area contributed by atoms with Crippen molar-refractivity contribution in [2.45, 2.75) is 64.0 Å². The van der Waals surface area contributed by atoms with Gasteiger partial charge < -0.3 is 5.32 Å². The number of amides is 1. The molecule has 1 aromatic rings. The first kappa shape index (κ1) is 17.4. The smallest absolute Gasteiger partial charge is 0.220 e. The van der Waals surface area contributed by atoms with Crippen LogP contribution in [0.3, 0.4) is 0 Å². The molecular weight excluding hydrogens is 290 g/mol. The molecule has 1 saturated carbocycles. The molecule has 1 N–H and O–H groups in total. The van der Waals surface area contributed by atoms with E-state index in [1.54, 1.807) is 0 Å². The Balaban J connectivity index is 1.58. The topological polar surface area (TPSA) is 29.1 Å². The predicted octanol–water partition coefficient (Wildman–Crippen LogP) is 4.42. The van der Waals surface area contributed by atoms with Gasteiger partial charge in [0.05, 0.1) is 0 Å². The average molecular weight is 320 g/mol. The zero-order chi connectivity index (χ0) is 15.8. The number of hydrogen-bond acceptors (Lipinski definition) is 2. The standard InChI is InChI=1S/C19H29NOS/c1-15-8-9-17(14-16(15)2)10-11-19(21)20-12-13-22-18-6-4-3-5-7-18/h8-9,14,18H,3-7,10-13H2,1-2H3,(H,20,21). The predicted molar refractivity (Wildman–Crippen MR) is 96.6 cm³/mol.